The van der Waals surface area contributed by atoms with Crippen molar-refractivity contribution in [1.82, 2.24) is 15.0 Å². The largest absolute Gasteiger partial charge is 0.508 e. The zero-order valence-electron chi connectivity index (χ0n) is 38.4. The number of hydrogen-bond donors (Lipinski definition) is 3. The molecule has 0 amide bonds. The maximum Gasteiger partial charge on any atom is 0.115 e. The molecule has 2 heterocycles. The van der Waals surface area contributed by atoms with E-state index < -0.39 is 0 Å². The predicted octanol–water partition coefficient (Wildman–Crippen LogP) is 15.2. The average Bonchev–Trinajstić information content (AvgIpc) is 3.85. The Labute approximate surface area is 343 Å². The van der Waals surface area contributed by atoms with Crippen LogP contribution in [0.3, 0.4) is 0 Å². The smallest absolute Gasteiger partial charge is 0.115 e. The summed E-state index contributed by atoms with van der Waals surface area (Å²) < 4.78 is 0. The van der Waals surface area contributed by atoms with Gasteiger partial charge in [-0.15, -0.1) is 0 Å². The Morgan fingerprint density at radius 2 is 1.04 bits per heavy atom. The molecule has 56 heavy (non-hydrogen) atoms. The molecule has 1 aliphatic rings. The lowest BCUT2D eigenvalue weighted by atomic mass is 9.80. The molecule has 0 unspecified atom stereocenters. The molecule has 4 nitrogen and oxygen atoms in total. The molecule has 3 aromatic carbocycles. The highest BCUT2D eigenvalue weighted by Gasteiger charge is 2.27. The Morgan fingerprint density at radius 3 is 1.48 bits per heavy atom. The third kappa shape index (κ3) is 22.1. The van der Waals surface area contributed by atoms with Gasteiger partial charge in [0.2, 0.25) is 0 Å². The summed E-state index contributed by atoms with van der Waals surface area (Å²) in [4.78, 5) is 10.3. The van der Waals surface area contributed by atoms with Crippen molar-refractivity contribution in [1.29, 1.82) is 0 Å². The first-order valence-corrected chi connectivity index (χ1v) is 21.1. The fourth-order valence-electron chi connectivity index (χ4n) is 7.03. The Balaban J connectivity index is 0.000000244. The number of aromatic nitrogens is 3. The summed E-state index contributed by atoms with van der Waals surface area (Å²) in [5, 5.41) is 10.4. The Hall–Kier alpha value is -3.79. The van der Waals surface area contributed by atoms with Crippen LogP contribution in [0.5, 0.6) is 5.75 Å². The number of aromatic hydroxyl groups is 1. The molecule has 6 rings (SSSR count). The maximum atomic E-state index is 9.05. The van der Waals surface area contributed by atoms with Gasteiger partial charge in [0.1, 0.15) is 5.75 Å². The lowest BCUT2D eigenvalue weighted by molar-refractivity contribution is 0.246. The third-order valence-electron chi connectivity index (χ3n) is 9.50. The number of nitrogens with one attached hydrogen (secondary N) is 2. The number of benzene rings is 3. The van der Waals surface area contributed by atoms with Gasteiger partial charge in [0, 0.05) is 29.0 Å². The minimum absolute atomic E-state index is 0.316. The fraction of sp³-hybridized carbons (Fsp3) is 0.558. The molecule has 0 radical (unpaired) electrons. The Kier molecular flexibility index (Phi) is 18.7. The molecule has 4 heteroatoms. The minimum Gasteiger partial charge on any atom is -0.508 e. The standard InChI is InChI=1S/C13H17N.C11H16O.C11H16.C9H18.C8H14N2/c1-13(2,3)8-10-9-14-12-7-5-4-6-11(10)12;1-11(2,3)8-9-4-6-10(12)7-5-9;1-11(2,3)9-10-7-5-4-6-8-10;1-9(2,3)8-6-4-5-7-8;1-8(2,3)4-7-5-9-6-10-7/h4-7,9,14H,8H2,1-3H3;4-7,12H,8H2,1-3H3;4-8H,9H2,1-3H3;8H,4-7H2,1-3H3;5-6H,4H2,1-3H3,(H,9,10). The van der Waals surface area contributed by atoms with Crippen molar-refractivity contribution in [3.63, 3.8) is 0 Å². The summed E-state index contributed by atoms with van der Waals surface area (Å²) >= 11 is 0. The molecule has 1 aliphatic carbocycles. The zero-order valence-corrected chi connectivity index (χ0v) is 38.4. The normalized spacial score (nSPS) is 13.6. The summed E-state index contributed by atoms with van der Waals surface area (Å²) in [5.74, 6) is 1.35. The van der Waals surface area contributed by atoms with E-state index in [0.717, 1.165) is 31.6 Å². The molecular formula is C52H81N3O. The van der Waals surface area contributed by atoms with E-state index in [0.29, 0.717) is 32.8 Å². The topological polar surface area (TPSA) is 64.7 Å². The minimum atomic E-state index is 0.316. The number of nitrogens with zero attached hydrogens (tertiary/aromatic N) is 1. The van der Waals surface area contributed by atoms with Crippen LogP contribution in [0.25, 0.3) is 10.9 Å². The van der Waals surface area contributed by atoms with Crippen LogP contribution in [-0.2, 0) is 25.7 Å². The number of para-hydroxylation sites is 1. The summed E-state index contributed by atoms with van der Waals surface area (Å²) in [6.07, 6.45) is 16.0. The first-order valence-electron chi connectivity index (χ1n) is 21.1. The van der Waals surface area contributed by atoms with Gasteiger partial charge in [0.15, 0.2) is 0 Å². The molecule has 0 spiro atoms. The summed E-state index contributed by atoms with van der Waals surface area (Å²) in [5.41, 5.74) is 8.60. The van der Waals surface area contributed by atoms with Crippen molar-refractivity contribution in [2.75, 3.05) is 0 Å². The highest BCUT2D eigenvalue weighted by Crippen LogP contribution is 2.38. The first kappa shape index (κ1) is 48.4. The fourth-order valence-corrected chi connectivity index (χ4v) is 7.03. The second-order valence-electron chi connectivity index (χ2n) is 21.9. The van der Waals surface area contributed by atoms with E-state index >= 15 is 0 Å². The predicted molar refractivity (Wildman–Crippen MR) is 245 cm³/mol. The van der Waals surface area contributed by atoms with Crippen molar-refractivity contribution < 1.29 is 5.11 Å². The van der Waals surface area contributed by atoms with Crippen LogP contribution in [-0.4, -0.2) is 20.1 Å². The van der Waals surface area contributed by atoms with Crippen LogP contribution >= 0.6 is 0 Å². The van der Waals surface area contributed by atoms with Gasteiger partial charge in [-0.1, -0.05) is 177 Å². The summed E-state index contributed by atoms with van der Waals surface area (Å²) in [6, 6.07) is 26.5. The molecule has 0 saturated heterocycles. The Morgan fingerprint density at radius 1 is 0.554 bits per heavy atom. The Bertz CT molecular complexity index is 1740. The summed E-state index contributed by atoms with van der Waals surface area (Å²) in [6.45, 7) is 34.0. The van der Waals surface area contributed by atoms with Crippen LogP contribution in [0.4, 0.5) is 0 Å². The van der Waals surface area contributed by atoms with Gasteiger partial charge >= 0.3 is 0 Å². The molecule has 0 atom stereocenters. The van der Waals surface area contributed by atoms with Gasteiger partial charge in [0.25, 0.3) is 0 Å². The number of phenolic OH excluding ortho intramolecular Hbond substituents is 1. The van der Waals surface area contributed by atoms with Crippen LogP contribution < -0.4 is 0 Å². The van der Waals surface area contributed by atoms with Crippen LogP contribution in [0.1, 0.15) is 152 Å². The second-order valence-corrected chi connectivity index (χ2v) is 21.9. The second kappa shape index (κ2) is 21.7. The number of hydrogen-bond acceptors (Lipinski definition) is 2. The molecule has 1 saturated carbocycles. The van der Waals surface area contributed by atoms with E-state index in [1.54, 1.807) is 18.5 Å². The quantitative estimate of drug-likeness (QED) is 0.171. The first-order chi connectivity index (χ1) is 25.8. The monoisotopic (exact) mass is 764 g/mol. The van der Waals surface area contributed by atoms with E-state index in [1.165, 1.54) is 59.0 Å². The molecule has 0 bridgehead atoms. The number of imidazole rings is 1. The van der Waals surface area contributed by atoms with Crippen LogP contribution in [0.15, 0.2) is 97.6 Å². The lowest BCUT2D eigenvalue weighted by Gasteiger charge is -2.26. The van der Waals surface area contributed by atoms with Gasteiger partial charge in [-0.3, -0.25) is 0 Å². The molecule has 310 valence electrons. The van der Waals surface area contributed by atoms with E-state index in [2.05, 4.69) is 180 Å². The van der Waals surface area contributed by atoms with Crippen molar-refractivity contribution in [3.05, 3.63) is 120 Å². The molecule has 5 aromatic rings. The van der Waals surface area contributed by atoms with E-state index in [1.807, 2.05) is 18.3 Å². The van der Waals surface area contributed by atoms with Gasteiger partial charge < -0.3 is 15.1 Å². The number of phenols is 1. The van der Waals surface area contributed by atoms with Crippen LogP contribution in [0, 0.1) is 33.0 Å². The number of H-pyrrole nitrogens is 2. The van der Waals surface area contributed by atoms with Crippen molar-refractivity contribution >= 4 is 10.9 Å². The van der Waals surface area contributed by atoms with Gasteiger partial charge in [-0.05, 0) is 106 Å². The van der Waals surface area contributed by atoms with Gasteiger partial charge in [-0.2, -0.15) is 0 Å². The van der Waals surface area contributed by atoms with E-state index in [9.17, 15) is 0 Å². The maximum absolute atomic E-state index is 9.05. The lowest BCUT2D eigenvalue weighted by Crippen LogP contribution is -2.16. The molecule has 2 aromatic heterocycles. The highest BCUT2D eigenvalue weighted by molar-refractivity contribution is 5.83. The number of aromatic amines is 2. The van der Waals surface area contributed by atoms with E-state index in [4.69, 9.17) is 5.11 Å². The van der Waals surface area contributed by atoms with Crippen molar-refractivity contribution in [3.8, 4) is 5.75 Å². The van der Waals surface area contributed by atoms with Crippen molar-refractivity contribution in [2.45, 2.75) is 155 Å². The molecule has 1 fully saturated rings. The molecule has 0 aliphatic heterocycles. The van der Waals surface area contributed by atoms with Gasteiger partial charge in [0.05, 0.1) is 6.33 Å². The van der Waals surface area contributed by atoms with Crippen molar-refractivity contribution in [2.24, 2.45) is 33.0 Å². The van der Waals surface area contributed by atoms with Crippen LogP contribution in [0.2, 0.25) is 0 Å². The average molecular weight is 764 g/mol. The third-order valence-corrected chi connectivity index (χ3v) is 9.50. The summed E-state index contributed by atoms with van der Waals surface area (Å²) in [7, 11) is 0. The van der Waals surface area contributed by atoms with E-state index in [-0.39, 0.29) is 0 Å². The molecular weight excluding hydrogens is 683 g/mol. The van der Waals surface area contributed by atoms with Gasteiger partial charge in [-0.25, -0.2) is 4.98 Å². The number of rotatable bonds is 4. The molecule has 3 N–H and O–H groups in total. The highest BCUT2D eigenvalue weighted by atomic mass is 16.3. The zero-order chi connectivity index (χ0) is 42.2. The number of fused-ring (bicyclic) bond motifs is 1. The SMILES string of the molecule is CC(C)(C)C1CCCC1.CC(C)(C)Cc1c[nH]c2ccccc12.CC(C)(C)Cc1ccc(O)cc1.CC(C)(C)Cc1ccccc1.CC(C)(C)Cc1cnc[nH]1.